The summed E-state index contributed by atoms with van der Waals surface area (Å²) in [6.45, 7) is -0.353. The van der Waals surface area contributed by atoms with Crippen molar-refractivity contribution < 1.29 is 18.3 Å². The molecule has 0 radical (unpaired) electrons. The van der Waals surface area contributed by atoms with Crippen molar-refractivity contribution in [1.82, 2.24) is 9.66 Å². The second kappa shape index (κ2) is 12.2. The first kappa shape index (κ1) is 29.0. The lowest BCUT2D eigenvalue weighted by atomic mass is 10.2. The number of nitrogens with one attached hydrogen (secondary N) is 1. The van der Waals surface area contributed by atoms with E-state index in [1.807, 2.05) is 30.3 Å². The van der Waals surface area contributed by atoms with Crippen LogP contribution in [0.25, 0.3) is 33.5 Å². The van der Waals surface area contributed by atoms with Gasteiger partial charge < -0.3 is 14.5 Å². The maximum atomic E-state index is 13.9. The number of furan rings is 1. The monoisotopic (exact) mass is 766 g/mol. The van der Waals surface area contributed by atoms with Crippen LogP contribution in [0.5, 0.6) is 5.75 Å². The number of anilines is 1. The second-order valence-corrected chi connectivity index (χ2v) is 11.9. The highest BCUT2D eigenvalue weighted by Gasteiger charge is 2.17. The molecule has 12 heteroatoms. The summed E-state index contributed by atoms with van der Waals surface area (Å²) in [4.78, 5) is 30.6. The normalized spacial score (nSPS) is 11.4. The Kier molecular flexibility index (Phi) is 8.24. The van der Waals surface area contributed by atoms with Gasteiger partial charge >= 0.3 is 0 Å². The number of amides is 1. The summed E-state index contributed by atoms with van der Waals surface area (Å²) in [5.74, 6) is -0.0825. The highest BCUT2D eigenvalue weighted by Crippen LogP contribution is 2.35. The molecular formula is C31H18Br3FN4O4. The fourth-order valence-corrected chi connectivity index (χ4v) is 6.15. The van der Waals surface area contributed by atoms with Gasteiger partial charge in [-0.15, -0.1) is 0 Å². The van der Waals surface area contributed by atoms with Crippen LogP contribution in [0, 0.1) is 5.82 Å². The molecule has 0 saturated carbocycles. The standard InChI is InChI=1S/C31H18Br3FN4O4/c32-19-9-10-26-18(13-19)14-27(43-26)30-38-24-7-3-1-5-20(24)31(41)39(30)36-15-17-11-21(33)29(22(34)12-17)42-16-28(40)37-25-8-4-2-6-23(25)35/h1-15H,16H2,(H,37,40). The van der Waals surface area contributed by atoms with Gasteiger partial charge in [0, 0.05) is 9.86 Å². The van der Waals surface area contributed by atoms with Crippen LogP contribution in [0.2, 0.25) is 0 Å². The molecule has 0 saturated heterocycles. The van der Waals surface area contributed by atoms with Crippen LogP contribution in [0.1, 0.15) is 5.56 Å². The van der Waals surface area contributed by atoms with Crippen molar-refractivity contribution in [2.24, 2.45) is 5.10 Å². The molecule has 2 aromatic heterocycles. The molecule has 6 aromatic rings. The Balaban J connectivity index is 1.30. The average Bonchev–Trinajstić information content (AvgIpc) is 3.40. The Bertz CT molecular complexity index is 2100. The molecule has 0 spiro atoms. The molecule has 214 valence electrons. The molecule has 0 fully saturated rings. The largest absolute Gasteiger partial charge is 0.481 e. The van der Waals surface area contributed by atoms with E-state index in [2.05, 4.69) is 58.2 Å². The minimum absolute atomic E-state index is 0.0640. The van der Waals surface area contributed by atoms with E-state index in [1.54, 1.807) is 36.4 Å². The molecule has 0 aliphatic heterocycles. The lowest BCUT2D eigenvalue weighted by molar-refractivity contribution is -0.118. The number of hydrogen-bond donors (Lipinski definition) is 1. The third-order valence-electron chi connectivity index (χ3n) is 6.29. The van der Waals surface area contributed by atoms with Gasteiger partial charge in [0.05, 0.1) is 31.8 Å². The van der Waals surface area contributed by atoms with Gasteiger partial charge in [0.25, 0.3) is 11.5 Å². The number of fused-ring (bicyclic) bond motifs is 2. The maximum Gasteiger partial charge on any atom is 0.282 e. The van der Waals surface area contributed by atoms with Crippen LogP contribution in [-0.2, 0) is 4.79 Å². The molecule has 43 heavy (non-hydrogen) atoms. The van der Waals surface area contributed by atoms with Crippen molar-refractivity contribution in [3.05, 3.63) is 120 Å². The van der Waals surface area contributed by atoms with Crippen LogP contribution in [0.15, 0.2) is 113 Å². The van der Waals surface area contributed by atoms with E-state index in [0.717, 1.165) is 9.86 Å². The van der Waals surface area contributed by atoms with Crippen LogP contribution >= 0.6 is 47.8 Å². The minimum atomic E-state index is -0.542. The lowest BCUT2D eigenvalue weighted by Crippen LogP contribution is -2.21. The first-order chi connectivity index (χ1) is 20.8. The van der Waals surface area contributed by atoms with Gasteiger partial charge in [0.2, 0.25) is 5.82 Å². The smallest absolute Gasteiger partial charge is 0.282 e. The Morgan fingerprint density at radius 1 is 1.00 bits per heavy atom. The number of carbonyl (C=O) groups is 1. The predicted octanol–water partition coefficient (Wildman–Crippen LogP) is 8.14. The van der Waals surface area contributed by atoms with E-state index >= 15 is 0 Å². The molecule has 0 unspecified atom stereocenters. The summed E-state index contributed by atoms with van der Waals surface area (Å²) >= 11 is 10.4. The van der Waals surface area contributed by atoms with Crippen LogP contribution in [0.4, 0.5) is 10.1 Å². The van der Waals surface area contributed by atoms with Crippen molar-refractivity contribution in [3.8, 4) is 17.3 Å². The SMILES string of the molecule is O=C(COc1c(Br)cc(C=Nn2c(-c3cc4cc(Br)ccc4o3)nc3ccccc3c2=O)cc1Br)Nc1ccccc1F. The van der Waals surface area contributed by atoms with E-state index in [4.69, 9.17) is 14.1 Å². The number of halogens is 4. The van der Waals surface area contributed by atoms with Crippen molar-refractivity contribution in [3.63, 3.8) is 0 Å². The van der Waals surface area contributed by atoms with Gasteiger partial charge in [-0.3, -0.25) is 9.59 Å². The zero-order valence-electron chi connectivity index (χ0n) is 21.9. The summed E-state index contributed by atoms with van der Waals surface area (Å²) in [5, 5.41) is 8.22. The molecule has 0 aliphatic carbocycles. The number of benzene rings is 4. The minimum Gasteiger partial charge on any atom is -0.481 e. The highest BCUT2D eigenvalue weighted by atomic mass is 79.9. The van der Waals surface area contributed by atoms with E-state index in [1.165, 1.54) is 29.1 Å². The fraction of sp³-hybridized carbons (Fsp3) is 0.0323. The van der Waals surface area contributed by atoms with E-state index in [9.17, 15) is 14.0 Å². The fourth-order valence-electron chi connectivity index (χ4n) is 4.32. The quantitative estimate of drug-likeness (QED) is 0.166. The Morgan fingerprint density at radius 2 is 1.74 bits per heavy atom. The lowest BCUT2D eigenvalue weighted by Gasteiger charge is -2.12. The molecule has 4 aromatic carbocycles. The highest BCUT2D eigenvalue weighted by molar-refractivity contribution is 9.11. The van der Waals surface area contributed by atoms with Gasteiger partial charge in [-0.25, -0.2) is 9.37 Å². The second-order valence-electron chi connectivity index (χ2n) is 9.24. The maximum absolute atomic E-state index is 13.9. The Labute approximate surface area is 268 Å². The van der Waals surface area contributed by atoms with Gasteiger partial charge in [0.15, 0.2) is 12.4 Å². The van der Waals surface area contributed by atoms with Crippen LogP contribution < -0.4 is 15.6 Å². The first-order valence-corrected chi connectivity index (χ1v) is 15.1. The number of para-hydroxylation sites is 2. The Morgan fingerprint density at radius 3 is 2.53 bits per heavy atom. The molecule has 2 heterocycles. The van der Waals surface area contributed by atoms with Crippen molar-refractivity contribution in [2.45, 2.75) is 0 Å². The predicted molar refractivity (Wildman–Crippen MR) is 174 cm³/mol. The zero-order chi connectivity index (χ0) is 30.1. The molecule has 8 nitrogen and oxygen atoms in total. The van der Waals surface area contributed by atoms with Crippen molar-refractivity contribution in [1.29, 1.82) is 0 Å². The van der Waals surface area contributed by atoms with Crippen molar-refractivity contribution in [2.75, 3.05) is 11.9 Å². The zero-order valence-corrected chi connectivity index (χ0v) is 26.6. The van der Waals surface area contributed by atoms with Gasteiger partial charge in [0.1, 0.15) is 17.1 Å². The van der Waals surface area contributed by atoms with Crippen LogP contribution in [0.3, 0.4) is 0 Å². The van der Waals surface area contributed by atoms with Gasteiger partial charge in [-0.2, -0.15) is 9.78 Å². The average molecular weight is 769 g/mol. The number of hydrogen-bond acceptors (Lipinski definition) is 6. The number of ether oxygens (including phenoxy) is 1. The number of nitrogens with zero attached hydrogens (tertiary/aromatic N) is 3. The molecule has 1 N–H and O–H groups in total. The third-order valence-corrected chi connectivity index (χ3v) is 7.96. The van der Waals surface area contributed by atoms with E-state index < -0.39 is 11.7 Å². The summed E-state index contributed by atoms with van der Waals surface area (Å²) in [5.41, 5.74) is 1.47. The molecule has 6 rings (SSSR count). The summed E-state index contributed by atoms with van der Waals surface area (Å²) in [6.07, 6.45) is 1.50. The van der Waals surface area contributed by atoms with Crippen LogP contribution in [-0.4, -0.2) is 28.4 Å². The Hall–Kier alpha value is -4.13. The first-order valence-electron chi connectivity index (χ1n) is 12.7. The molecule has 0 bridgehead atoms. The number of rotatable bonds is 7. The topological polar surface area (TPSA) is 98.7 Å². The van der Waals surface area contributed by atoms with Gasteiger partial charge in [-0.1, -0.05) is 40.2 Å². The molecule has 0 atom stereocenters. The summed E-state index contributed by atoms with van der Waals surface area (Å²) < 4.78 is 28.7. The number of carbonyl (C=O) groups excluding carboxylic acids is 1. The molecular weight excluding hydrogens is 751 g/mol. The van der Waals surface area contributed by atoms with Gasteiger partial charge in [-0.05, 0) is 98.1 Å². The van der Waals surface area contributed by atoms with E-state index in [-0.39, 0.29) is 23.7 Å². The molecule has 1 amide bonds. The summed E-state index contributed by atoms with van der Waals surface area (Å²) in [6, 6.07) is 23.8. The third kappa shape index (κ3) is 6.17. The number of aromatic nitrogens is 2. The molecule has 0 aliphatic rings. The summed E-state index contributed by atoms with van der Waals surface area (Å²) in [7, 11) is 0. The van der Waals surface area contributed by atoms with E-state index in [0.29, 0.717) is 42.5 Å². The van der Waals surface area contributed by atoms with Crippen molar-refractivity contribution >= 4 is 87.5 Å².